The average Bonchev–Trinajstić information content (AvgIpc) is 2.90. The van der Waals surface area contributed by atoms with Crippen LogP contribution in [0.5, 0.6) is 0 Å². The minimum Gasteiger partial charge on any atom is -0.337 e. The van der Waals surface area contributed by atoms with E-state index in [1.165, 1.54) is 57.1 Å². The molecule has 116 valence electrons. The lowest BCUT2D eigenvalue weighted by Crippen LogP contribution is -2.16. The molecular formula is C17H33N3. The van der Waals surface area contributed by atoms with Gasteiger partial charge in [-0.3, -0.25) is 0 Å². The summed E-state index contributed by atoms with van der Waals surface area (Å²) in [5.41, 5.74) is 1.21. The van der Waals surface area contributed by atoms with Gasteiger partial charge in [0.15, 0.2) is 0 Å². The van der Waals surface area contributed by atoms with E-state index in [2.05, 4.69) is 34.9 Å². The Morgan fingerprint density at radius 3 is 2.40 bits per heavy atom. The van der Waals surface area contributed by atoms with Gasteiger partial charge in [-0.15, -0.1) is 0 Å². The molecule has 1 aromatic rings. The monoisotopic (exact) mass is 279 g/mol. The van der Waals surface area contributed by atoms with Crippen molar-refractivity contribution in [3.05, 3.63) is 18.2 Å². The van der Waals surface area contributed by atoms with Gasteiger partial charge in [-0.05, 0) is 13.0 Å². The molecule has 0 amide bonds. The number of hydrogen-bond acceptors (Lipinski definition) is 2. The number of likely N-dealkylation sites (N-methyl/N-ethyl adjacent to an activating group) is 1. The molecule has 3 nitrogen and oxygen atoms in total. The first-order chi connectivity index (χ1) is 9.86. The van der Waals surface area contributed by atoms with Crippen LogP contribution in [0.25, 0.3) is 0 Å². The Bertz CT molecular complexity index is 320. The Morgan fingerprint density at radius 2 is 1.70 bits per heavy atom. The lowest BCUT2D eigenvalue weighted by atomic mass is 10.1. The summed E-state index contributed by atoms with van der Waals surface area (Å²) in [7, 11) is 0. The van der Waals surface area contributed by atoms with Crippen molar-refractivity contribution in [1.29, 1.82) is 0 Å². The largest absolute Gasteiger partial charge is 0.337 e. The number of nitrogens with one attached hydrogen (secondary N) is 1. The van der Waals surface area contributed by atoms with Crippen LogP contribution in [0.1, 0.15) is 70.9 Å². The maximum atomic E-state index is 4.46. The molecule has 0 saturated carbocycles. The molecule has 0 spiro atoms. The van der Waals surface area contributed by atoms with E-state index in [-0.39, 0.29) is 0 Å². The van der Waals surface area contributed by atoms with E-state index in [1.54, 1.807) is 0 Å². The highest BCUT2D eigenvalue weighted by atomic mass is 15.0. The van der Waals surface area contributed by atoms with Crippen molar-refractivity contribution in [2.75, 3.05) is 13.1 Å². The first-order valence-corrected chi connectivity index (χ1v) is 8.58. The van der Waals surface area contributed by atoms with Gasteiger partial charge in [0.25, 0.3) is 0 Å². The van der Waals surface area contributed by atoms with E-state index in [4.69, 9.17) is 0 Å². The second-order valence-corrected chi connectivity index (χ2v) is 5.68. The van der Waals surface area contributed by atoms with Crippen LogP contribution >= 0.6 is 0 Å². The Kier molecular flexibility index (Phi) is 10.3. The van der Waals surface area contributed by atoms with Crippen molar-refractivity contribution in [3.8, 4) is 0 Å². The Hall–Kier alpha value is -0.830. The lowest BCUT2D eigenvalue weighted by molar-refractivity contribution is 0.543. The molecule has 0 aliphatic heterocycles. The predicted octanol–water partition coefficient (Wildman–Crippen LogP) is 4.18. The van der Waals surface area contributed by atoms with Gasteiger partial charge in [0, 0.05) is 25.7 Å². The van der Waals surface area contributed by atoms with Crippen LogP contribution in [0.2, 0.25) is 0 Å². The summed E-state index contributed by atoms with van der Waals surface area (Å²) in [6.07, 6.45) is 16.3. The summed E-state index contributed by atoms with van der Waals surface area (Å²) in [4.78, 5) is 4.46. The fourth-order valence-electron chi connectivity index (χ4n) is 2.48. The number of aromatic nitrogens is 2. The summed E-state index contributed by atoms with van der Waals surface area (Å²) < 4.78 is 2.25. The van der Waals surface area contributed by atoms with Gasteiger partial charge in [0.2, 0.25) is 0 Å². The molecule has 0 aromatic carbocycles. The second kappa shape index (κ2) is 12.0. The summed E-state index contributed by atoms with van der Waals surface area (Å²) in [6, 6.07) is 0. The molecule has 0 radical (unpaired) electrons. The van der Waals surface area contributed by atoms with Crippen LogP contribution in [0.15, 0.2) is 12.5 Å². The zero-order valence-corrected chi connectivity index (χ0v) is 13.5. The minimum absolute atomic E-state index is 1.03. The third-order valence-corrected chi connectivity index (χ3v) is 3.76. The topological polar surface area (TPSA) is 29.9 Å². The maximum Gasteiger partial charge on any atom is 0.0949 e. The first-order valence-electron chi connectivity index (χ1n) is 8.58. The number of hydrogen-bond donors (Lipinski definition) is 1. The molecule has 1 N–H and O–H groups in total. The third kappa shape index (κ3) is 8.36. The van der Waals surface area contributed by atoms with E-state index in [1.807, 2.05) is 6.33 Å². The van der Waals surface area contributed by atoms with Crippen LogP contribution in [0, 0.1) is 0 Å². The highest BCUT2D eigenvalue weighted by molar-refractivity contribution is 4.97. The van der Waals surface area contributed by atoms with Gasteiger partial charge >= 0.3 is 0 Å². The van der Waals surface area contributed by atoms with E-state index >= 15 is 0 Å². The normalized spacial score (nSPS) is 11.1. The minimum atomic E-state index is 1.03. The van der Waals surface area contributed by atoms with Crippen molar-refractivity contribution < 1.29 is 0 Å². The summed E-state index contributed by atoms with van der Waals surface area (Å²) >= 11 is 0. The van der Waals surface area contributed by atoms with Gasteiger partial charge in [-0.1, -0.05) is 58.8 Å². The molecule has 0 aliphatic rings. The number of aryl methyl sites for hydroxylation is 1. The zero-order chi connectivity index (χ0) is 14.5. The standard InChI is InChI=1S/C17H33N3/c1-3-5-6-7-8-9-10-11-14-20-15-17(19-16-20)12-13-18-4-2/h15-16,18H,3-14H2,1-2H3. The van der Waals surface area contributed by atoms with E-state index in [0.29, 0.717) is 0 Å². The van der Waals surface area contributed by atoms with E-state index < -0.39 is 0 Å². The molecule has 0 fully saturated rings. The molecule has 0 unspecified atom stereocenters. The van der Waals surface area contributed by atoms with E-state index in [0.717, 1.165) is 26.1 Å². The number of unbranched alkanes of at least 4 members (excludes halogenated alkanes) is 7. The lowest BCUT2D eigenvalue weighted by Gasteiger charge is -2.03. The molecule has 3 heteroatoms. The molecular weight excluding hydrogens is 246 g/mol. The van der Waals surface area contributed by atoms with Gasteiger partial charge in [-0.25, -0.2) is 4.98 Å². The van der Waals surface area contributed by atoms with Crippen molar-refractivity contribution in [2.24, 2.45) is 0 Å². The first kappa shape index (κ1) is 17.2. The quantitative estimate of drug-likeness (QED) is 0.549. The number of rotatable bonds is 13. The van der Waals surface area contributed by atoms with Crippen molar-refractivity contribution in [3.63, 3.8) is 0 Å². The summed E-state index contributed by atoms with van der Waals surface area (Å²) in [5.74, 6) is 0. The van der Waals surface area contributed by atoms with Crippen LogP contribution < -0.4 is 5.32 Å². The van der Waals surface area contributed by atoms with Crippen molar-refractivity contribution in [1.82, 2.24) is 14.9 Å². The molecule has 0 aliphatic carbocycles. The van der Waals surface area contributed by atoms with Crippen LogP contribution in [-0.4, -0.2) is 22.6 Å². The SMILES string of the molecule is CCCCCCCCCCn1cnc(CCNCC)c1. The smallest absolute Gasteiger partial charge is 0.0949 e. The molecule has 20 heavy (non-hydrogen) atoms. The van der Waals surface area contributed by atoms with Gasteiger partial charge in [-0.2, -0.15) is 0 Å². The van der Waals surface area contributed by atoms with Crippen LogP contribution in [0.3, 0.4) is 0 Å². The molecule has 0 atom stereocenters. The van der Waals surface area contributed by atoms with Crippen molar-refractivity contribution in [2.45, 2.75) is 78.2 Å². The van der Waals surface area contributed by atoms with E-state index in [9.17, 15) is 0 Å². The number of nitrogens with zero attached hydrogens (tertiary/aromatic N) is 2. The van der Waals surface area contributed by atoms with Gasteiger partial charge in [0.1, 0.15) is 0 Å². The Morgan fingerprint density at radius 1 is 1.00 bits per heavy atom. The Labute approximate surface area is 125 Å². The third-order valence-electron chi connectivity index (χ3n) is 3.76. The van der Waals surface area contributed by atoms with Gasteiger partial charge in [0.05, 0.1) is 12.0 Å². The average molecular weight is 279 g/mol. The fraction of sp³-hybridized carbons (Fsp3) is 0.824. The fourth-order valence-corrected chi connectivity index (χ4v) is 2.48. The molecule has 1 rings (SSSR count). The van der Waals surface area contributed by atoms with Crippen LogP contribution in [-0.2, 0) is 13.0 Å². The molecule has 0 bridgehead atoms. The molecule has 1 heterocycles. The molecule has 0 saturated heterocycles. The predicted molar refractivity (Wildman–Crippen MR) is 87.1 cm³/mol. The second-order valence-electron chi connectivity index (χ2n) is 5.68. The highest BCUT2D eigenvalue weighted by Crippen LogP contribution is 2.09. The summed E-state index contributed by atoms with van der Waals surface area (Å²) in [6.45, 7) is 7.62. The number of imidazole rings is 1. The zero-order valence-electron chi connectivity index (χ0n) is 13.5. The van der Waals surface area contributed by atoms with Crippen LogP contribution in [0.4, 0.5) is 0 Å². The maximum absolute atomic E-state index is 4.46. The molecule has 1 aromatic heterocycles. The Balaban J connectivity index is 1.99. The summed E-state index contributed by atoms with van der Waals surface area (Å²) in [5, 5.41) is 3.34. The van der Waals surface area contributed by atoms with Crippen molar-refractivity contribution >= 4 is 0 Å². The highest BCUT2D eigenvalue weighted by Gasteiger charge is 1.98. The van der Waals surface area contributed by atoms with Gasteiger partial charge < -0.3 is 9.88 Å².